The van der Waals surface area contributed by atoms with Gasteiger partial charge in [0.15, 0.2) is 0 Å². The second-order valence-electron chi connectivity index (χ2n) is 8.51. The monoisotopic (exact) mass is 489 g/mol. The van der Waals surface area contributed by atoms with E-state index in [1.165, 1.54) is 0 Å². The molecule has 1 aliphatic rings. The number of aryl methyl sites for hydroxylation is 1. The lowest BCUT2D eigenvalue weighted by molar-refractivity contribution is -0.132. The average Bonchev–Trinajstić information content (AvgIpc) is 3.48. The van der Waals surface area contributed by atoms with Gasteiger partial charge in [0.1, 0.15) is 0 Å². The van der Waals surface area contributed by atoms with E-state index in [0.717, 1.165) is 22.0 Å². The van der Waals surface area contributed by atoms with Gasteiger partial charge >= 0.3 is 0 Å². The molecule has 4 aromatic rings. The fourth-order valence-electron chi connectivity index (χ4n) is 4.18. The quantitative estimate of drug-likeness (QED) is 0.376. The summed E-state index contributed by atoms with van der Waals surface area (Å²) in [5, 5.41) is 3.02. The topological polar surface area (TPSA) is 89.3 Å². The van der Waals surface area contributed by atoms with Gasteiger partial charge in [-0.3, -0.25) is 19.2 Å². The molecule has 0 bridgehead atoms. The zero-order valence-corrected chi connectivity index (χ0v) is 20.3. The molecule has 0 aliphatic carbocycles. The Labute approximate surface area is 208 Å². The van der Waals surface area contributed by atoms with Crippen LogP contribution in [0.25, 0.3) is 5.95 Å². The molecule has 9 nitrogen and oxygen atoms in total. The Kier molecular flexibility index (Phi) is 7.22. The number of aromatic nitrogens is 5. The van der Waals surface area contributed by atoms with Gasteiger partial charge in [0.05, 0.1) is 36.5 Å². The molecular weight excluding hydrogens is 462 g/mol. The van der Waals surface area contributed by atoms with Crippen molar-refractivity contribution in [2.24, 2.45) is 0 Å². The Balaban J connectivity index is 1.34. The average molecular weight is 490 g/mol. The second kappa shape index (κ2) is 10.9. The zero-order chi connectivity index (χ0) is 24.0. The molecule has 180 valence electrons. The minimum atomic E-state index is -0.147. The number of carbonyl (C=O) groups excluding carboxylic acids is 1. The molecule has 0 aromatic carbocycles. The smallest absolute Gasteiger partial charge is 0.237 e. The SMILES string of the molecule is Cc1nc(CN2CC(OCc3ccncc3)CN(Cc3cccn3-c3ncccn3)CC2=O)cs1. The first kappa shape index (κ1) is 23.3. The number of amides is 1. The molecule has 5 rings (SSSR count). The number of carbonyl (C=O) groups is 1. The Morgan fingerprint density at radius 3 is 2.66 bits per heavy atom. The van der Waals surface area contributed by atoms with Gasteiger partial charge in [-0.15, -0.1) is 11.3 Å². The summed E-state index contributed by atoms with van der Waals surface area (Å²) >= 11 is 1.60. The maximum Gasteiger partial charge on any atom is 0.237 e. The summed E-state index contributed by atoms with van der Waals surface area (Å²) in [7, 11) is 0. The van der Waals surface area contributed by atoms with Crippen molar-refractivity contribution < 1.29 is 9.53 Å². The summed E-state index contributed by atoms with van der Waals surface area (Å²) in [6, 6.07) is 9.70. The van der Waals surface area contributed by atoms with Crippen LogP contribution in [0.2, 0.25) is 0 Å². The summed E-state index contributed by atoms with van der Waals surface area (Å²) in [5.41, 5.74) is 2.98. The molecule has 10 heteroatoms. The van der Waals surface area contributed by atoms with Crippen LogP contribution in [0, 0.1) is 6.92 Å². The molecular formula is C25H27N7O2S. The Hall–Kier alpha value is -3.47. The highest BCUT2D eigenvalue weighted by Gasteiger charge is 2.29. The van der Waals surface area contributed by atoms with E-state index in [9.17, 15) is 4.79 Å². The maximum atomic E-state index is 13.3. The number of hydrogen-bond acceptors (Lipinski definition) is 8. The van der Waals surface area contributed by atoms with Gasteiger partial charge in [0.25, 0.3) is 0 Å². The lowest BCUT2D eigenvalue weighted by atomic mass is 10.2. The third kappa shape index (κ3) is 5.97. The van der Waals surface area contributed by atoms with Gasteiger partial charge in [-0.05, 0) is 42.8 Å². The van der Waals surface area contributed by atoms with Gasteiger partial charge in [-0.25, -0.2) is 15.0 Å². The lowest BCUT2D eigenvalue weighted by Gasteiger charge is -2.24. The molecule has 1 fully saturated rings. The predicted molar refractivity (Wildman–Crippen MR) is 132 cm³/mol. The van der Waals surface area contributed by atoms with Gasteiger partial charge in [-0.2, -0.15) is 0 Å². The Morgan fingerprint density at radius 1 is 1.06 bits per heavy atom. The summed E-state index contributed by atoms with van der Waals surface area (Å²) in [4.78, 5) is 34.7. The molecule has 1 saturated heterocycles. The van der Waals surface area contributed by atoms with Gasteiger partial charge in [0, 0.05) is 61.7 Å². The van der Waals surface area contributed by atoms with Crippen molar-refractivity contribution in [3.63, 3.8) is 0 Å². The highest BCUT2D eigenvalue weighted by atomic mass is 32.1. The molecule has 5 heterocycles. The van der Waals surface area contributed by atoms with Crippen molar-refractivity contribution in [2.45, 2.75) is 32.7 Å². The lowest BCUT2D eigenvalue weighted by Crippen LogP contribution is -2.37. The molecule has 4 aromatic heterocycles. The van der Waals surface area contributed by atoms with Crippen molar-refractivity contribution in [3.8, 4) is 5.95 Å². The number of thiazole rings is 1. The van der Waals surface area contributed by atoms with E-state index in [1.54, 1.807) is 42.2 Å². The van der Waals surface area contributed by atoms with Crippen LogP contribution in [0.1, 0.15) is 22.0 Å². The fourth-order valence-corrected chi connectivity index (χ4v) is 4.79. The van der Waals surface area contributed by atoms with Gasteiger partial charge in [0.2, 0.25) is 11.9 Å². The van der Waals surface area contributed by atoms with Crippen LogP contribution in [0.15, 0.2) is 66.7 Å². The largest absolute Gasteiger partial charge is 0.370 e. The number of hydrogen-bond donors (Lipinski definition) is 0. The van der Waals surface area contributed by atoms with Crippen LogP contribution < -0.4 is 0 Å². The zero-order valence-electron chi connectivity index (χ0n) is 19.5. The van der Waals surface area contributed by atoms with Crippen molar-refractivity contribution in [2.75, 3.05) is 19.6 Å². The van der Waals surface area contributed by atoms with E-state index < -0.39 is 0 Å². The van der Waals surface area contributed by atoms with Crippen molar-refractivity contribution >= 4 is 17.2 Å². The molecule has 0 radical (unpaired) electrons. The molecule has 0 N–H and O–H groups in total. The van der Waals surface area contributed by atoms with Gasteiger partial charge in [-0.1, -0.05) is 0 Å². The Morgan fingerprint density at radius 2 is 1.89 bits per heavy atom. The Bertz CT molecular complexity index is 1240. The van der Waals surface area contributed by atoms with Crippen molar-refractivity contribution in [1.29, 1.82) is 0 Å². The molecule has 0 saturated carbocycles. The van der Waals surface area contributed by atoms with Crippen LogP contribution in [-0.2, 0) is 29.2 Å². The number of rotatable bonds is 8. The highest BCUT2D eigenvalue weighted by Crippen LogP contribution is 2.18. The molecule has 35 heavy (non-hydrogen) atoms. The van der Waals surface area contributed by atoms with Crippen LogP contribution in [-0.4, -0.2) is 65.9 Å². The van der Waals surface area contributed by atoms with Crippen molar-refractivity contribution in [1.82, 2.24) is 34.3 Å². The molecule has 1 unspecified atom stereocenters. The number of ether oxygens (including phenoxy) is 1. The molecule has 1 atom stereocenters. The minimum absolute atomic E-state index is 0.0692. The molecule has 1 aliphatic heterocycles. The van der Waals surface area contributed by atoms with E-state index in [1.807, 2.05) is 52.2 Å². The van der Waals surface area contributed by atoms with Gasteiger partial charge < -0.3 is 9.64 Å². The van der Waals surface area contributed by atoms with Crippen LogP contribution in [0.5, 0.6) is 0 Å². The summed E-state index contributed by atoms with van der Waals surface area (Å²) < 4.78 is 8.28. The summed E-state index contributed by atoms with van der Waals surface area (Å²) in [5.74, 6) is 0.680. The van der Waals surface area contributed by atoms with Crippen LogP contribution >= 0.6 is 11.3 Å². The first-order valence-corrected chi connectivity index (χ1v) is 12.4. The number of nitrogens with zero attached hydrogens (tertiary/aromatic N) is 7. The summed E-state index contributed by atoms with van der Waals surface area (Å²) in [6.45, 7) is 4.96. The van der Waals surface area contributed by atoms with Crippen molar-refractivity contribution in [3.05, 3.63) is 88.7 Å². The number of pyridine rings is 1. The maximum absolute atomic E-state index is 13.3. The van der Waals surface area contributed by atoms with E-state index >= 15 is 0 Å². The molecule has 1 amide bonds. The minimum Gasteiger partial charge on any atom is -0.370 e. The predicted octanol–water partition coefficient (Wildman–Crippen LogP) is 2.86. The first-order valence-electron chi connectivity index (χ1n) is 11.5. The van der Waals surface area contributed by atoms with E-state index in [0.29, 0.717) is 45.3 Å². The van der Waals surface area contributed by atoms with Crippen LogP contribution in [0.4, 0.5) is 0 Å². The van der Waals surface area contributed by atoms with E-state index in [-0.39, 0.29) is 12.0 Å². The third-order valence-electron chi connectivity index (χ3n) is 5.84. The highest BCUT2D eigenvalue weighted by molar-refractivity contribution is 7.09. The van der Waals surface area contributed by atoms with E-state index in [2.05, 4.69) is 24.8 Å². The summed E-state index contributed by atoms with van der Waals surface area (Å²) in [6.07, 6.45) is 8.77. The third-order valence-corrected chi connectivity index (χ3v) is 6.66. The normalized spacial score (nSPS) is 17.0. The second-order valence-corrected chi connectivity index (χ2v) is 9.57. The van der Waals surface area contributed by atoms with Crippen LogP contribution in [0.3, 0.4) is 0 Å². The standard InChI is InChI=1S/C25H27N7O2S/c1-19-29-21(18-35-19)12-31-15-23(34-17-20-5-9-26-10-6-20)14-30(16-24(31)33)13-22-4-2-11-32(22)25-27-7-3-8-28-25/h2-11,18,23H,12-17H2,1H3. The fraction of sp³-hybridized carbons (Fsp3) is 0.320. The van der Waals surface area contributed by atoms with E-state index in [4.69, 9.17) is 4.74 Å². The molecule has 0 spiro atoms. The first-order chi connectivity index (χ1) is 17.1.